The lowest BCUT2D eigenvalue weighted by molar-refractivity contribution is 0.432. The Morgan fingerprint density at radius 2 is 2.11 bits per heavy atom. The third kappa shape index (κ3) is 2.17. The molecule has 2 heterocycles. The quantitative estimate of drug-likeness (QED) is 0.715. The van der Waals surface area contributed by atoms with Crippen molar-refractivity contribution in [3.63, 3.8) is 0 Å². The average Bonchev–Trinajstić information content (AvgIpc) is 3.01. The number of hydrogen-bond donors (Lipinski definition) is 1. The van der Waals surface area contributed by atoms with Gasteiger partial charge in [-0.25, -0.2) is 0 Å². The van der Waals surface area contributed by atoms with Crippen LogP contribution in [0.25, 0.3) is 22.8 Å². The monoisotopic (exact) mass is 335 g/mol. The first-order chi connectivity index (χ1) is 9.16. The Labute approximate surface area is 122 Å². The van der Waals surface area contributed by atoms with E-state index in [9.17, 15) is 0 Å². The summed E-state index contributed by atoms with van der Waals surface area (Å²) < 4.78 is 6.12. The normalized spacial score (nSPS) is 10.8. The molecule has 6 heteroatoms. The van der Waals surface area contributed by atoms with E-state index in [1.54, 1.807) is 11.3 Å². The molecule has 0 aliphatic rings. The number of thiophene rings is 1. The average molecular weight is 336 g/mol. The lowest BCUT2D eigenvalue weighted by atomic mass is 10.2. The lowest BCUT2D eigenvalue weighted by Crippen LogP contribution is -1.91. The fourth-order valence-corrected chi connectivity index (χ4v) is 2.95. The number of aryl methyl sites for hydroxylation is 1. The highest BCUT2D eigenvalue weighted by molar-refractivity contribution is 9.10. The summed E-state index contributed by atoms with van der Waals surface area (Å²) in [5, 5.41) is 8.08. The van der Waals surface area contributed by atoms with Gasteiger partial charge in [-0.1, -0.05) is 11.2 Å². The first-order valence-electron chi connectivity index (χ1n) is 5.58. The second kappa shape index (κ2) is 4.79. The van der Waals surface area contributed by atoms with Crippen molar-refractivity contribution in [1.29, 1.82) is 0 Å². The number of nitrogen functional groups attached to an aromatic ring is 1. The molecule has 0 aliphatic carbocycles. The van der Waals surface area contributed by atoms with E-state index in [0.29, 0.717) is 17.4 Å². The molecule has 4 nitrogen and oxygen atoms in total. The van der Waals surface area contributed by atoms with Gasteiger partial charge in [0.2, 0.25) is 5.82 Å². The summed E-state index contributed by atoms with van der Waals surface area (Å²) in [5.41, 5.74) is 9.47. The molecule has 0 radical (unpaired) electrons. The van der Waals surface area contributed by atoms with Crippen LogP contribution in [0.3, 0.4) is 0 Å². The van der Waals surface area contributed by atoms with Crippen LogP contribution in [0.4, 0.5) is 5.69 Å². The maximum atomic E-state index is 6.00. The number of aromatic nitrogens is 2. The molecule has 0 aliphatic heterocycles. The molecule has 19 heavy (non-hydrogen) atoms. The highest BCUT2D eigenvalue weighted by atomic mass is 79.9. The first-order valence-corrected chi connectivity index (χ1v) is 7.31. The maximum Gasteiger partial charge on any atom is 0.260 e. The largest absolute Gasteiger partial charge is 0.397 e. The highest BCUT2D eigenvalue weighted by Gasteiger charge is 2.15. The Balaban J connectivity index is 2.07. The lowest BCUT2D eigenvalue weighted by Gasteiger charge is -2.01. The second-order valence-corrected chi connectivity index (χ2v) is 5.69. The molecule has 96 valence electrons. The van der Waals surface area contributed by atoms with E-state index in [4.69, 9.17) is 10.3 Å². The van der Waals surface area contributed by atoms with Crippen molar-refractivity contribution >= 4 is 33.0 Å². The SMILES string of the molecule is Cc1cscc1-c1noc(-c2cccc(Br)c2N)n1. The summed E-state index contributed by atoms with van der Waals surface area (Å²) >= 11 is 5.01. The van der Waals surface area contributed by atoms with Crippen molar-refractivity contribution in [3.05, 3.63) is 39.0 Å². The molecule has 2 N–H and O–H groups in total. The van der Waals surface area contributed by atoms with Crippen LogP contribution in [0.2, 0.25) is 0 Å². The molecule has 0 saturated heterocycles. The molecule has 3 rings (SSSR count). The molecule has 2 aromatic heterocycles. The van der Waals surface area contributed by atoms with Crippen molar-refractivity contribution in [2.45, 2.75) is 6.92 Å². The van der Waals surface area contributed by atoms with Crippen molar-refractivity contribution in [2.24, 2.45) is 0 Å². The minimum atomic E-state index is 0.430. The van der Waals surface area contributed by atoms with Crippen molar-refractivity contribution in [3.8, 4) is 22.8 Å². The van der Waals surface area contributed by atoms with Crippen LogP contribution < -0.4 is 5.73 Å². The van der Waals surface area contributed by atoms with Gasteiger partial charge in [-0.3, -0.25) is 0 Å². The van der Waals surface area contributed by atoms with Crippen LogP contribution in [0.1, 0.15) is 5.56 Å². The van der Waals surface area contributed by atoms with Crippen LogP contribution in [0, 0.1) is 6.92 Å². The van der Waals surface area contributed by atoms with Gasteiger partial charge in [0.25, 0.3) is 5.89 Å². The molecule has 0 unspecified atom stereocenters. The molecule has 0 amide bonds. The Hall–Kier alpha value is -1.66. The van der Waals surface area contributed by atoms with Crippen LogP contribution >= 0.6 is 27.3 Å². The van der Waals surface area contributed by atoms with Crippen molar-refractivity contribution in [1.82, 2.24) is 10.1 Å². The Bertz CT molecular complexity index is 735. The summed E-state index contributed by atoms with van der Waals surface area (Å²) in [7, 11) is 0. The summed E-state index contributed by atoms with van der Waals surface area (Å²) in [6.45, 7) is 2.02. The van der Waals surface area contributed by atoms with Gasteiger partial charge in [0.1, 0.15) is 0 Å². The van der Waals surface area contributed by atoms with E-state index in [1.807, 2.05) is 30.5 Å². The zero-order valence-electron chi connectivity index (χ0n) is 10.1. The third-order valence-corrected chi connectivity index (χ3v) is 4.36. The summed E-state index contributed by atoms with van der Waals surface area (Å²) in [4.78, 5) is 4.41. The summed E-state index contributed by atoms with van der Waals surface area (Å²) in [6, 6.07) is 5.62. The van der Waals surface area contributed by atoms with Gasteiger partial charge >= 0.3 is 0 Å². The Morgan fingerprint density at radius 1 is 1.26 bits per heavy atom. The smallest absolute Gasteiger partial charge is 0.260 e. The number of nitrogens with zero attached hydrogens (tertiary/aromatic N) is 2. The zero-order chi connectivity index (χ0) is 13.4. The van der Waals surface area contributed by atoms with Gasteiger partial charge in [-0.2, -0.15) is 16.3 Å². The maximum absolute atomic E-state index is 6.00. The fraction of sp³-hybridized carbons (Fsp3) is 0.0769. The number of hydrogen-bond acceptors (Lipinski definition) is 5. The van der Waals surface area contributed by atoms with Crippen LogP contribution in [0.5, 0.6) is 0 Å². The molecule has 3 aromatic rings. The zero-order valence-corrected chi connectivity index (χ0v) is 12.5. The van der Waals surface area contributed by atoms with Crippen LogP contribution in [-0.2, 0) is 0 Å². The van der Waals surface area contributed by atoms with Crippen LogP contribution in [0.15, 0.2) is 38.0 Å². The topological polar surface area (TPSA) is 64.9 Å². The van der Waals surface area contributed by atoms with E-state index in [1.165, 1.54) is 0 Å². The molecule has 0 atom stereocenters. The molecular formula is C13H10BrN3OS. The van der Waals surface area contributed by atoms with Crippen molar-refractivity contribution in [2.75, 3.05) is 5.73 Å². The molecule has 0 bridgehead atoms. The van der Waals surface area contributed by atoms with E-state index >= 15 is 0 Å². The van der Waals surface area contributed by atoms with Crippen molar-refractivity contribution < 1.29 is 4.52 Å². The molecule has 0 saturated carbocycles. The number of para-hydroxylation sites is 1. The van der Waals surface area contributed by atoms with E-state index in [0.717, 1.165) is 21.2 Å². The summed E-state index contributed by atoms with van der Waals surface area (Å²) in [6.07, 6.45) is 0. The predicted molar refractivity (Wildman–Crippen MR) is 79.9 cm³/mol. The number of rotatable bonds is 2. The highest BCUT2D eigenvalue weighted by Crippen LogP contribution is 2.32. The molecule has 0 spiro atoms. The minimum absolute atomic E-state index is 0.430. The van der Waals surface area contributed by atoms with E-state index < -0.39 is 0 Å². The first kappa shape index (κ1) is 12.4. The van der Waals surface area contributed by atoms with E-state index in [-0.39, 0.29) is 0 Å². The second-order valence-electron chi connectivity index (χ2n) is 4.09. The Kier molecular flexibility index (Phi) is 3.12. The van der Waals surface area contributed by atoms with E-state index in [2.05, 4.69) is 31.5 Å². The van der Waals surface area contributed by atoms with Crippen LogP contribution in [-0.4, -0.2) is 10.1 Å². The molecule has 1 aromatic carbocycles. The number of anilines is 1. The Morgan fingerprint density at radius 3 is 2.84 bits per heavy atom. The number of nitrogens with two attached hydrogens (primary N) is 1. The molecule has 0 fully saturated rings. The standard InChI is InChI=1S/C13H10BrN3OS/c1-7-5-19-6-9(7)12-16-13(18-17-12)8-3-2-4-10(14)11(8)15/h2-6H,15H2,1H3. The molecular weight excluding hydrogens is 326 g/mol. The van der Waals surface area contributed by atoms with Gasteiger partial charge in [0.15, 0.2) is 0 Å². The summed E-state index contributed by atoms with van der Waals surface area (Å²) in [5.74, 6) is 1.02. The number of halogens is 1. The third-order valence-electron chi connectivity index (χ3n) is 2.81. The van der Waals surface area contributed by atoms with Gasteiger partial charge < -0.3 is 10.3 Å². The van der Waals surface area contributed by atoms with Gasteiger partial charge in [-0.05, 0) is 45.9 Å². The van der Waals surface area contributed by atoms with Gasteiger partial charge in [-0.15, -0.1) is 0 Å². The van der Waals surface area contributed by atoms with Gasteiger partial charge in [0.05, 0.1) is 11.3 Å². The number of benzene rings is 1. The fourth-order valence-electron chi connectivity index (χ4n) is 1.76. The predicted octanol–water partition coefficient (Wildman–Crippen LogP) is 4.12. The van der Waals surface area contributed by atoms with Gasteiger partial charge in [0, 0.05) is 15.4 Å². The minimum Gasteiger partial charge on any atom is -0.397 e.